The van der Waals surface area contributed by atoms with E-state index in [-0.39, 0.29) is 11.2 Å². The molecule has 0 amide bonds. The summed E-state index contributed by atoms with van der Waals surface area (Å²) < 4.78 is 13.3. The van der Waals surface area contributed by atoms with E-state index >= 15 is 0 Å². The van der Waals surface area contributed by atoms with Crippen LogP contribution in [0.25, 0.3) is 0 Å². The predicted octanol–water partition coefficient (Wildman–Crippen LogP) is 2.30. The molecule has 0 fully saturated rings. The number of hydrogen-bond donors (Lipinski definition) is 1. The van der Waals surface area contributed by atoms with Gasteiger partial charge in [0.15, 0.2) is 0 Å². The number of hydrogen-bond acceptors (Lipinski definition) is 2. The summed E-state index contributed by atoms with van der Waals surface area (Å²) in [6.45, 7) is 6.04. The fourth-order valence-corrected chi connectivity index (χ4v) is 1.31. The molecule has 2 N–H and O–H groups in total. The number of nitrogens with two attached hydrogens (primary N) is 1. The first kappa shape index (κ1) is 11.1. The Bertz CT molecular complexity index is 323. The highest BCUT2D eigenvalue weighted by atomic mass is 19.1. The average molecular weight is 197 g/mol. The van der Waals surface area contributed by atoms with Crippen molar-refractivity contribution in [3.63, 3.8) is 0 Å². The Kier molecular flexibility index (Phi) is 3.24. The van der Waals surface area contributed by atoms with E-state index in [9.17, 15) is 4.39 Å². The van der Waals surface area contributed by atoms with Crippen LogP contribution in [0.5, 0.6) is 0 Å². The monoisotopic (exact) mass is 197 g/mol. The normalized spacial score (nSPS) is 11.8. The molecule has 0 aliphatic heterocycles. The second-order valence-electron chi connectivity index (χ2n) is 4.16. The summed E-state index contributed by atoms with van der Waals surface area (Å²) in [5.74, 6) is 4.84. The lowest BCUT2D eigenvalue weighted by atomic mass is 9.85. The summed E-state index contributed by atoms with van der Waals surface area (Å²) in [5.41, 5.74) is 1.28. The molecule has 0 aliphatic carbocycles. The highest BCUT2D eigenvalue weighted by Crippen LogP contribution is 2.24. The van der Waals surface area contributed by atoms with Gasteiger partial charge in [-0.25, -0.2) is 10.3 Å². The van der Waals surface area contributed by atoms with E-state index in [2.05, 4.69) is 4.84 Å². The van der Waals surface area contributed by atoms with Gasteiger partial charge in [0, 0.05) is 5.41 Å². The van der Waals surface area contributed by atoms with Crippen molar-refractivity contribution in [3.05, 3.63) is 35.1 Å². The van der Waals surface area contributed by atoms with Crippen LogP contribution in [-0.4, -0.2) is 6.61 Å². The first-order valence-electron chi connectivity index (χ1n) is 4.55. The molecule has 0 unspecified atom stereocenters. The van der Waals surface area contributed by atoms with Gasteiger partial charge in [0.1, 0.15) is 5.82 Å². The fraction of sp³-hybridized carbons (Fsp3) is 0.455. The maximum absolute atomic E-state index is 13.3. The van der Waals surface area contributed by atoms with Crippen LogP contribution in [-0.2, 0) is 10.3 Å². The molecule has 1 rings (SSSR count). The lowest BCUT2D eigenvalue weighted by molar-refractivity contribution is 0.0963. The Hall–Kier alpha value is -0.930. The third-order valence-corrected chi connectivity index (χ3v) is 2.40. The van der Waals surface area contributed by atoms with Gasteiger partial charge >= 0.3 is 0 Å². The van der Waals surface area contributed by atoms with Crippen molar-refractivity contribution >= 4 is 0 Å². The third kappa shape index (κ3) is 2.30. The molecule has 0 heterocycles. The van der Waals surface area contributed by atoms with E-state index in [1.54, 1.807) is 13.0 Å². The quantitative estimate of drug-likeness (QED) is 0.754. The smallest absolute Gasteiger partial charge is 0.126 e. The molecule has 0 aromatic heterocycles. The fourth-order valence-electron chi connectivity index (χ4n) is 1.31. The van der Waals surface area contributed by atoms with E-state index in [1.807, 2.05) is 19.9 Å². The Labute approximate surface area is 83.8 Å². The number of benzene rings is 1. The van der Waals surface area contributed by atoms with Crippen molar-refractivity contribution in [1.82, 2.24) is 0 Å². The van der Waals surface area contributed by atoms with Crippen molar-refractivity contribution in [1.29, 1.82) is 0 Å². The van der Waals surface area contributed by atoms with Gasteiger partial charge in [0.2, 0.25) is 0 Å². The lowest BCUT2D eigenvalue weighted by Crippen LogP contribution is -2.26. The van der Waals surface area contributed by atoms with Gasteiger partial charge in [-0.1, -0.05) is 26.0 Å². The van der Waals surface area contributed by atoms with Crippen LogP contribution in [0.15, 0.2) is 18.2 Å². The second-order valence-corrected chi connectivity index (χ2v) is 4.16. The molecule has 0 atom stereocenters. The zero-order chi connectivity index (χ0) is 10.8. The molecule has 2 nitrogen and oxygen atoms in total. The van der Waals surface area contributed by atoms with Gasteiger partial charge in [-0.2, -0.15) is 0 Å². The van der Waals surface area contributed by atoms with Gasteiger partial charge in [0.05, 0.1) is 6.61 Å². The van der Waals surface area contributed by atoms with Gasteiger partial charge < -0.3 is 4.84 Å². The third-order valence-electron chi connectivity index (χ3n) is 2.40. The Morgan fingerprint density at radius 1 is 1.43 bits per heavy atom. The molecule has 3 heteroatoms. The minimum atomic E-state index is -0.261. The van der Waals surface area contributed by atoms with Crippen molar-refractivity contribution < 1.29 is 9.23 Å². The first-order valence-corrected chi connectivity index (χ1v) is 4.55. The van der Waals surface area contributed by atoms with Crippen LogP contribution in [0.1, 0.15) is 25.0 Å². The van der Waals surface area contributed by atoms with Gasteiger partial charge in [0.25, 0.3) is 0 Å². The van der Waals surface area contributed by atoms with Crippen LogP contribution >= 0.6 is 0 Å². The average Bonchev–Trinajstić information content (AvgIpc) is 2.09. The molecule has 0 saturated heterocycles. The van der Waals surface area contributed by atoms with E-state index in [4.69, 9.17) is 5.90 Å². The molecular weight excluding hydrogens is 181 g/mol. The molecule has 78 valence electrons. The summed E-state index contributed by atoms with van der Waals surface area (Å²) in [6, 6.07) is 5.20. The molecule has 0 saturated carbocycles. The maximum atomic E-state index is 13.3. The zero-order valence-corrected chi connectivity index (χ0v) is 8.80. The molecule has 0 radical (unpaired) electrons. The molecule has 0 spiro atoms. The number of aryl methyl sites for hydroxylation is 1. The van der Waals surface area contributed by atoms with Crippen molar-refractivity contribution in [2.75, 3.05) is 6.61 Å². The molecule has 0 bridgehead atoms. The minimum Gasteiger partial charge on any atom is -0.304 e. The highest BCUT2D eigenvalue weighted by molar-refractivity contribution is 5.28. The molecule has 14 heavy (non-hydrogen) atoms. The zero-order valence-electron chi connectivity index (χ0n) is 8.80. The first-order chi connectivity index (χ1) is 6.47. The van der Waals surface area contributed by atoms with E-state index in [0.717, 1.165) is 5.56 Å². The molecule has 0 aliphatic rings. The lowest BCUT2D eigenvalue weighted by Gasteiger charge is -2.23. The van der Waals surface area contributed by atoms with Crippen molar-refractivity contribution in [2.24, 2.45) is 5.90 Å². The maximum Gasteiger partial charge on any atom is 0.126 e. The Morgan fingerprint density at radius 2 is 2.07 bits per heavy atom. The van der Waals surface area contributed by atoms with Crippen LogP contribution in [0.2, 0.25) is 0 Å². The van der Waals surface area contributed by atoms with Crippen molar-refractivity contribution in [3.8, 4) is 0 Å². The number of rotatable bonds is 3. The second kappa shape index (κ2) is 4.07. The summed E-state index contributed by atoms with van der Waals surface area (Å²) in [6.07, 6.45) is 0. The summed E-state index contributed by atoms with van der Waals surface area (Å²) >= 11 is 0. The van der Waals surface area contributed by atoms with Crippen LogP contribution in [0.4, 0.5) is 4.39 Å². The largest absolute Gasteiger partial charge is 0.304 e. The minimum absolute atomic E-state index is 0.187. The summed E-state index contributed by atoms with van der Waals surface area (Å²) in [5, 5.41) is 0. The molecule has 1 aromatic carbocycles. The van der Waals surface area contributed by atoms with Crippen molar-refractivity contribution in [2.45, 2.75) is 26.2 Å². The highest BCUT2D eigenvalue weighted by Gasteiger charge is 2.21. The van der Waals surface area contributed by atoms with Gasteiger partial charge in [-0.15, -0.1) is 0 Å². The standard InChI is InChI=1S/C11H16FNO/c1-8-4-5-9(6-10(8)12)11(2,3)7-14-13/h4-6H,7,13H2,1-3H3. The predicted molar refractivity (Wildman–Crippen MR) is 54.3 cm³/mol. The van der Waals surface area contributed by atoms with E-state index in [1.165, 1.54) is 6.07 Å². The van der Waals surface area contributed by atoms with Crippen LogP contribution < -0.4 is 5.90 Å². The van der Waals surface area contributed by atoms with Gasteiger partial charge in [-0.3, -0.25) is 0 Å². The topological polar surface area (TPSA) is 35.2 Å². The summed E-state index contributed by atoms with van der Waals surface area (Å²) in [7, 11) is 0. The molecular formula is C11H16FNO. The van der Waals surface area contributed by atoms with E-state index < -0.39 is 0 Å². The number of halogens is 1. The SMILES string of the molecule is Cc1ccc(C(C)(C)CON)cc1F. The van der Waals surface area contributed by atoms with Crippen LogP contribution in [0.3, 0.4) is 0 Å². The van der Waals surface area contributed by atoms with Gasteiger partial charge in [-0.05, 0) is 24.1 Å². The van der Waals surface area contributed by atoms with E-state index in [0.29, 0.717) is 12.2 Å². The Morgan fingerprint density at radius 3 is 2.57 bits per heavy atom. The molecule has 1 aromatic rings. The summed E-state index contributed by atoms with van der Waals surface area (Å²) in [4.78, 5) is 4.61. The van der Waals surface area contributed by atoms with Crippen LogP contribution in [0, 0.1) is 12.7 Å². The Balaban J connectivity index is 3.01.